The summed E-state index contributed by atoms with van der Waals surface area (Å²) in [4.78, 5) is 21.8. The number of fused-ring (bicyclic) bond motifs is 1. The fourth-order valence-electron chi connectivity index (χ4n) is 3.01. The molecule has 0 unspecified atom stereocenters. The Morgan fingerprint density at radius 3 is 2.40 bits per heavy atom. The zero-order valence-corrected chi connectivity index (χ0v) is 16.5. The van der Waals surface area contributed by atoms with Crippen LogP contribution in [0.3, 0.4) is 0 Å². The van der Waals surface area contributed by atoms with Crippen molar-refractivity contribution in [2.75, 3.05) is 0 Å². The van der Waals surface area contributed by atoms with E-state index in [9.17, 15) is 18.0 Å². The Hall–Kier alpha value is -3.13. The average molecular weight is 427 g/mol. The van der Waals surface area contributed by atoms with Crippen LogP contribution in [0.15, 0.2) is 83.0 Å². The van der Waals surface area contributed by atoms with Crippen molar-refractivity contribution in [2.45, 2.75) is 23.6 Å². The highest BCUT2D eigenvalue weighted by molar-refractivity contribution is 7.98. The molecule has 0 N–H and O–H groups in total. The molecule has 2 aromatic carbocycles. The van der Waals surface area contributed by atoms with Crippen LogP contribution in [0.1, 0.15) is 16.7 Å². The van der Waals surface area contributed by atoms with Crippen molar-refractivity contribution in [3.63, 3.8) is 0 Å². The number of para-hydroxylation sites is 1. The van der Waals surface area contributed by atoms with Crippen LogP contribution >= 0.6 is 11.8 Å². The standard InChI is InChI=1S/C22H16F3N3OS/c23-22(24,25)17-9-7-15(8-10-17)14-30-21-27-19-6-2-1-5-18(19)20(29)28(21)13-16-4-3-11-26-12-16/h1-12H,13-14H2. The minimum Gasteiger partial charge on any atom is -0.283 e. The first-order chi connectivity index (χ1) is 14.4. The first kappa shape index (κ1) is 20.2. The first-order valence-corrected chi connectivity index (χ1v) is 10.1. The molecule has 4 nitrogen and oxygen atoms in total. The van der Waals surface area contributed by atoms with Crippen molar-refractivity contribution in [1.29, 1.82) is 0 Å². The zero-order chi connectivity index (χ0) is 21.1. The van der Waals surface area contributed by atoms with Gasteiger partial charge in [0.1, 0.15) is 0 Å². The summed E-state index contributed by atoms with van der Waals surface area (Å²) >= 11 is 1.31. The second-order valence-electron chi connectivity index (χ2n) is 6.65. The average Bonchev–Trinajstić information content (AvgIpc) is 2.75. The lowest BCUT2D eigenvalue weighted by molar-refractivity contribution is -0.137. The summed E-state index contributed by atoms with van der Waals surface area (Å²) in [6.07, 6.45) is -1.02. The number of thioether (sulfide) groups is 1. The molecule has 0 radical (unpaired) electrons. The maximum absolute atomic E-state index is 13.1. The fraction of sp³-hybridized carbons (Fsp3) is 0.136. The van der Waals surface area contributed by atoms with Gasteiger partial charge in [-0.15, -0.1) is 0 Å². The Kier molecular flexibility index (Phi) is 5.59. The second-order valence-corrected chi connectivity index (χ2v) is 7.59. The molecule has 0 fully saturated rings. The van der Waals surface area contributed by atoms with E-state index in [0.29, 0.717) is 33.9 Å². The summed E-state index contributed by atoms with van der Waals surface area (Å²) in [6.45, 7) is 0.305. The van der Waals surface area contributed by atoms with Gasteiger partial charge in [0.2, 0.25) is 0 Å². The Morgan fingerprint density at radius 1 is 0.933 bits per heavy atom. The van der Waals surface area contributed by atoms with Crippen molar-refractivity contribution < 1.29 is 13.2 Å². The predicted octanol–water partition coefficient (Wildman–Crippen LogP) is 5.15. The van der Waals surface area contributed by atoms with Gasteiger partial charge in [-0.1, -0.05) is 42.1 Å². The summed E-state index contributed by atoms with van der Waals surface area (Å²) in [5.41, 5.74) is 1.30. The third-order valence-electron chi connectivity index (χ3n) is 4.54. The van der Waals surface area contributed by atoms with E-state index in [-0.39, 0.29) is 5.56 Å². The van der Waals surface area contributed by atoms with E-state index in [1.807, 2.05) is 12.1 Å². The highest BCUT2D eigenvalue weighted by Crippen LogP contribution is 2.30. The number of benzene rings is 2. The van der Waals surface area contributed by atoms with E-state index in [1.165, 1.54) is 23.9 Å². The molecule has 0 aliphatic carbocycles. The molecule has 0 atom stereocenters. The van der Waals surface area contributed by atoms with Crippen LogP contribution < -0.4 is 5.56 Å². The number of halogens is 3. The topological polar surface area (TPSA) is 47.8 Å². The number of nitrogens with zero attached hydrogens (tertiary/aromatic N) is 3. The van der Waals surface area contributed by atoms with Crippen LogP contribution in [-0.2, 0) is 18.5 Å². The highest BCUT2D eigenvalue weighted by Gasteiger charge is 2.29. The number of aromatic nitrogens is 3. The van der Waals surface area contributed by atoms with E-state index in [0.717, 1.165) is 17.7 Å². The third-order valence-corrected chi connectivity index (χ3v) is 5.59. The Bertz CT molecular complexity index is 1220. The van der Waals surface area contributed by atoms with E-state index in [2.05, 4.69) is 9.97 Å². The molecule has 0 aliphatic rings. The molecule has 4 rings (SSSR count). The molecule has 30 heavy (non-hydrogen) atoms. The van der Waals surface area contributed by atoms with Gasteiger partial charge >= 0.3 is 6.18 Å². The van der Waals surface area contributed by atoms with Gasteiger partial charge in [0.05, 0.1) is 23.0 Å². The molecule has 0 bridgehead atoms. The molecular formula is C22H16F3N3OS. The summed E-state index contributed by atoms with van der Waals surface area (Å²) in [5, 5.41) is 1.02. The second kappa shape index (κ2) is 8.31. The van der Waals surface area contributed by atoms with Crippen molar-refractivity contribution >= 4 is 22.7 Å². The summed E-state index contributed by atoms with van der Waals surface area (Å²) in [6, 6.07) is 15.8. The quantitative estimate of drug-likeness (QED) is 0.326. The SMILES string of the molecule is O=c1c2ccccc2nc(SCc2ccc(C(F)(F)F)cc2)n1Cc1cccnc1. The zero-order valence-electron chi connectivity index (χ0n) is 15.6. The normalized spacial score (nSPS) is 11.7. The molecule has 2 heterocycles. The van der Waals surface area contributed by atoms with Crippen LogP contribution in [0.5, 0.6) is 0 Å². The molecule has 2 aromatic heterocycles. The van der Waals surface area contributed by atoms with Gasteiger partial charge in [0.15, 0.2) is 5.16 Å². The third kappa shape index (κ3) is 4.38. The molecule has 152 valence electrons. The van der Waals surface area contributed by atoms with Crippen molar-refractivity contribution in [2.24, 2.45) is 0 Å². The number of pyridine rings is 1. The van der Waals surface area contributed by atoms with Crippen LogP contribution in [0.25, 0.3) is 10.9 Å². The maximum Gasteiger partial charge on any atom is 0.416 e. The van der Waals surface area contributed by atoms with E-state index >= 15 is 0 Å². The summed E-state index contributed by atoms with van der Waals surface area (Å²) < 4.78 is 39.9. The fourth-order valence-corrected chi connectivity index (χ4v) is 3.96. The van der Waals surface area contributed by atoms with Gasteiger partial charge in [0, 0.05) is 18.1 Å². The van der Waals surface area contributed by atoms with Gasteiger partial charge in [-0.3, -0.25) is 14.3 Å². The molecule has 4 aromatic rings. The van der Waals surface area contributed by atoms with Crippen LogP contribution in [0, 0.1) is 0 Å². The summed E-state index contributed by atoms with van der Waals surface area (Å²) in [5.74, 6) is 0.385. The van der Waals surface area contributed by atoms with Gasteiger partial charge in [0.25, 0.3) is 5.56 Å². The Balaban J connectivity index is 1.67. The first-order valence-electron chi connectivity index (χ1n) is 9.09. The predicted molar refractivity (Wildman–Crippen MR) is 110 cm³/mol. The van der Waals surface area contributed by atoms with Gasteiger partial charge in [-0.05, 0) is 41.5 Å². The van der Waals surface area contributed by atoms with E-state index in [1.54, 1.807) is 41.2 Å². The van der Waals surface area contributed by atoms with E-state index < -0.39 is 11.7 Å². The number of hydrogen-bond acceptors (Lipinski definition) is 4. The molecule has 0 aliphatic heterocycles. The molecule has 0 saturated heterocycles. The van der Waals surface area contributed by atoms with Crippen LogP contribution in [0.2, 0.25) is 0 Å². The Labute approximate surface area is 174 Å². The molecule has 0 saturated carbocycles. The maximum atomic E-state index is 13.1. The van der Waals surface area contributed by atoms with Crippen LogP contribution in [0.4, 0.5) is 13.2 Å². The number of hydrogen-bond donors (Lipinski definition) is 0. The monoisotopic (exact) mass is 427 g/mol. The lowest BCUT2D eigenvalue weighted by Crippen LogP contribution is -2.24. The van der Waals surface area contributed by atoms with Crippen molar-refractivity contribution in [1.82, 2.24) is 14.5 Å². The Morgan fingerprint density at radius 2 is 1.70 bits per heavy atom. The van der Waals surface area contributed by atoms with Gasteiger partial charge in [-0.25, -0.2) is 4.98 Å². The number of alkyl halides is 3. The smallest absolute Gasteiger partial charge is 0.283 e. The van der Waals surface area contributed by atoms with Crippen molar-refractivity contribution in [3.05, 3.63) is 100 Å². The lowest BCUT2D eigenvalue weighted by atomic mass is 10.1. The van der Waals surface area contributed by atoms with Gasteiger partial charge in [-0.2, -0.15) is 13.2 Å². The minimum absolute atomic E-state index is 0.167. The largest absolute Gasteiger partial charge is 0.416 e. The number of rotatable bonds is 5. The molecule has 0 spiro atoms. The van der Waals surface area contributed by atoms with Crippen LogP contribution in [-0.4, -0.2) is 14.5 Å². The van der Waals surface area contributed by atoms with E-state index in [4.69, 9.17) is 0 Å². The lowest BCUT2D eigenvalue weighted by Gasteiger charge is -2.13. The summed E-state index contributed by atoms with van der Waals surface area (Å²) in [7, 11) is 0. The molecular weight excluding hydrogens is 411 g/mol. The highest BCUT2D eigenvalue weighted by atomic mass is 32.2. The minimum atomic E-state index is -4.37. The van der Waals surface area contributed by atoms with Gasteiger partial charge < -0.3 is 0 Å². The van der Waals surface area contributed by atoms with Crippen molar-refractivity contribution in [3.8, 4) is 0 Å². The molecule has 8 heteroatoms. The molecule has 0 amide bonds.